The molecule has 0 N–H and O–H groups in total. The van der Waals surface area contributed by atoms with Gasteiger partial charge >= 0.3 is 0 Å². The standard InChI is InChI=1S/C21H21N3O5S/c22-15-17-3-1-2-4-20(17)30(26,27)24-9-7-23(8-10-24)21(25)14-16-5-6-18-19(13-16)29-12-11-28-18/h1-6,13H,7-12,14H2. The van der Waals surface area contributed by atoms with E-state index in [9.17, 15) is 18.5 Å². The third-order valence-electron chi connectivity index (χ3n) is 5.18. The van der Waals surface area contributed by atoms with Crippen molar-refractivity contribution in [1.29, 1.82) is 5.26 Å². The van der Waals surface area contributed by atoms with Crippen LogP contribution in [0.5, 0.6) is 11.5 Å². The Morgan fingerprint density at radius 3 is 2.43 bits per heavy atom. The van der Waals surface area contributed by atoms with Gasteiger partial charge in [-0.05, 0) is 29.8 Å². The lowest BCUT2D eigenvalue weighted by Crippen LogP contribution is -2.50. The molecule has 30 heavy (non-hydrogen) atoms. The molecule has 8 nitrogen and oxygen atoms in total. The van der Waals surface area contributed by atoms with E-state index in [1.165, 1.54) is 16.4 Å². The molecule has 9 heteroatoms. The molecule has 2 aromatic carbocycles. The minimum absolute atomic E-state index is 0.00329. The predicted octanol–water partition coefficient (Wildman–Crippen LogP) is 1.41. The summed E-state index contributed by atoms with van der Waals surface area (Å²) in [6.45, 7) is 1.98. The van der Waals surface area contributed by atoms with Gasteiger partial charge < -0.3 is 14.4 Å². The molecule has 0 spiro atoms. The Kier molecular flexibility index (Phi) is 5.61. The number of hydrogen-bond donors (Lipinski definition) is 0. The minimum atomic E-state index is -3.78. The predicted molar refractivity (Wildman–Crippen MR) is 108 cm³/mol. The molecular formula is C21H21N3O5S. The van der Waals surface area contributed by atoms with Crippen molar-refractivity contribution in [1.82, 2.24) is 9.21 Å². The van der Waals surface area contributed by atoms with E-state index < -0.39 is 10.0 Å². The molecule has 0 atom stereocenters. The molecule has 2 aromatic rings. The first-order valence-corrected chi connectivity index (χ1v) is 11.1. The normalized spacial score (nSPS) is 16.7. The van der Waals surface area contributed by atoms with Crippen molar-refractivity contribution in [3.63, 3.8) is 0 Å². The number of rotatable bonds is 4. The molecule has 2 heterocycles. The van der Waals surface area contributed by atoms with Crippen molar-refractivity contribution in [3.8, 4) is 17.6 Å². The number of piperazine rings is 1. The highest BCUT2D eigenvalue weighted by molar-refractivity contribution is 7.89. The molecule has 0 saturated carbocycles. The zero-order valence-electron chi connectivity index (χ0n) is 16.3. The van der Waals surface area contributed by atoms with Crippen molar-refractivity contribution in [2.75, 3.05) is 39.4 Å². The van der Waals surface area contributed by atoms with E-state index in [-0.39, 0.29) is 35.9 Å². The molecule has 1 saturated heterocycles. The van der Waals surface area contributed by atoms with Crippen LogP contribution in [0.4, 0.5) is 0 Å². The van der Waals surface area contributed by atoms with Crippen molar-refractivity contribution in [2.45, 2.75) is 11.3 Å². The molecule has 2 aliphatic rings. The second-order valence-electron chi connectivity index (χ2n) is 7.05. The summed E-state index contributed by atoms with van der Waals surface area (Å²) in [6.07, 6.45) is 0.209. The maximum Gasteiger partial charge on any atom is 0.244 e. The Hall–Kier alpha value is -3.09. The number of fused-ring (bicyclic) bond motifs is 1. The summed E-state index contributed by atoms with van der Waals surface area (Å²) in [7, 11) is -3.78. The Bertz CT molecular complexity index is 1100. The van der Waals surface area contributed by atoms with Crippen LogP contribution in [0.3, 0.4) is 0 Å². The average Bonchev–Trinajstić information content (AvgIpc) is 2.79. The number of carbonyl (C=O) groups is 1. The van der Waals surface area contributed by atoms with Crippen LogP contribution in [-0.4, -0.2) is 62.9 Å². The van der Waals surface area contributed by atoms with Crippen molar-refractivity contribution in [2.24, 2.45) is 0 Å². The van der Waals surface area contributed by atoms with Gasteiger partial charge in [-0.15, -0.1) is 0 Å². The molecule has 1 amide bonds. The summed E-state index contributed by atoms with van der Waals surface area (Å²) in [5, 5.41) is 9.21. The second-order valence-corrected chi connectivity index (χ2v) is 8.95. The third-order valence-corrected chi connectivity index (χ3v) is 7.14. The van der Waals surface area contributed by atoms with E-state index >= 15 is 0 Å². The van der Waals surface area contributed by atoms with E-state index in [1.54, 1.807) is 23.1 Å². The van der Waals surface area contributed by atoms with Gasteiger partial charge in [-0.2, -0.15) is 9.57 Å². The Balaban J connectivity index is 1.39. The van der Waals surface area contributed by atoms with E-state index in [2.05, 4.69) is 0 Å². The number of carbonyl (C=O) groups excluding carboxylic acids is 1. The lowest BCUT2D eigenvalue weighted by Gasteiger charge is -2.34. The quantitative estimate of drug-likeness (QED) is 0.731. The molecule has 1 fully saturated rings. The number of nitriles is 1. The number of benzene rings is 2. The smallest absolute Gasteiger partial charge is 0.244 e. The second kappa shape index (κ2) is 8.34. The zero-order chi connectivity index (χ0) is 21.1. The fourth-order valence-electron chi connectivity index (χ4n) is 3.59. The van der Waals surface area contributed by atoms with Crippen LogP contribution in [0.2, 0.25) is 0 Å². The fourth-order valence-corrected chi connectivity index (χ4v) is 5.15. The van der Waals surface area contributed by atoms with Gasteiger partial charge in [0, 0.05) is 26.2 Å². The average molecular weight is 427 g/mol. The highest BCUT2D eigenvalue weighted by atomic mass is 32.2. The third kappa shape index (κ3) is 3.97. The van der Waals surface area contributed by atoms with Crippen LogP contribution in [0.15, 0.2) is 47.4 Å². The maximum atomic E-state index is 12.9. The lowest BCUT2D eigenvalue weighted by molar-refractivity contribution is -0.131. The van der Waals surface area contributed by atoms with E-state index in [0.29, 0.717) is 37.8 Å². The molecule has 0 unspecified atom stereocenters. The number of sulfonamides is 1. The minimum Gasteiger partial charge on any atom is -0.486 e. The molecule has 4 rings (SSSR count). The van der Waals surface area contributed by atoms with Crippen molar-refractivity contribution in [3.05, 3.63) is 53.6 Å². The van der Waals surface area contributed by atoms with Gasteiger partial charge in [-0.25, -0.2) is 8.42 Å². The van der Waals surface area contributed by atoms with Gasteiger partial charge in [0.15, 0.2) is 11.5 Å². The van der Waals surface area contributed by atoms with Crippen LogP contribution < -0.4 is 9.47 Å². The van der Waals surface area contributed by atoms with Gasteiger partial charge in [-0.3, -0.25) is 4.79 Å². The van der Waals surface area contributed by atoms with Gasteiger partial charge in [-0.1, -0.05) is 18.2 Å². The van der Waals surface area contributed by atoms with Crippen molar-refractivity contribution < 1.29 is 22.7 Å². The van der Waals surface area contributed by atoms with Crippen molar-refractivity contribution >= 4 is 15.9 Å². The number of ether oxygens (including phenoxy) is 2. The molecule has 0 radical (unpaired) electrons. The molecule has 0 aromatic heterocycles. The largest absolute Gasteiger partial charge is 0.486 e. The molecule has 0 aliphatic carbocycles. The van der Waals surface area contributed by atoms with Crippen LogP contribution in [0, 0.1) is 11.3 Å². The number of amides is 1. The van der Waals surface area contributed by atoms with Gasteiger partial charge in [0.25, 0.3) is 0 Å². The SMILES string of the molecule is N#Cc1ccccc1S(=O)(=O)N1CCN(C(=O)Cc2ccc3c(c2)OCCO3)CC1. The number of hydrogen-bond acceptors (Lipinski definition) is 6. The lowest BCUT2D eigenvalue weighted by atomic mass is 10.1. The first-order chi connectivity index (χ1) is 14.5. The summed E-state index contributed by atoms with van der Waals surface area (Å²) in [5.74, 6) is 1.24. The topological polar surface area (TPSA) is 99.9 Å². The first-order valence-electron chi connectivity index (χ1n) is 9.64. The molecular weight excluding hydrogens is 406 g/mol. The maximum absolute atomic E-state index is 12.9. The summed E-state index contributed by atoms with van der Waals surface area (Å²) in [6, 6.07) is 13.5. The van der Waals surface area contributed by atoms with Crippen LogP contribution in [-0.2, 0) is 21.2 Å². The summed E-state index contributed by atoms with van der Waals surface area (Å²) < 4.78 is 38.2. The summed E-state index contributed by atoms with van der Waals surface area (Å²) in [5.41, 5.74) is 0.942. The monoisotopic (exact) mass is 427 g/mol. The van der Waals surface area contributed by atoms with Gasteiger partial charge in [0.05, 0.1) is 16.9 Å². The molecule has 2 aliphatic heterocycles. The van der Waals surface area contributed by atoms with Crippen LogP contribution in [0.25, 0.3) is 0 Å². The van der Waals surface area contributed by atoms with Crippen LogP contribution in [0.1, 0.15) is 11.1 Å². The van der Waals surface area contributed by atoms with Crippen LogP contribution >= 0.6 is 0 Å². The summed E-state index contributed by atoms with van der Waals surface area (Å²) >= 11 is 0. The summed E-state index contributed by atoms with van der Waals surface area (Å²) in [4.78, 5) is 14.4. The Morgan fingerprint density at radius 1 is 1.00 bits per heavy atom. The Morgan fingerprint density at radius 2 is 1.70 bits per heavy atom. The Labute approximate surface area is 175 Å². The molecule has 0 bridgehead atoms. The zero-order valence-corrected chi connectivity index (χ0v) is 17.1. The van der Waals surface area contributed by atoms with E-state index in [4.69, 9.17) is 9.47 Å². The highest BCUT2D eigenvalue weighted by Gasteiger charge is 2.31. The number of nitrogens with zero attached hydrogens (tertiary/aromatic N) is 3. The van der Waals surface area contributed by atoms with E-state index in [0.717, 1.165) is 5.56 Å². The highest BCUT2D eigenvalue weighted by Crippen LogP contribution is 2.31. The molecule has 156 valence electrons. The van der Waals surface area contributed by atoms with Gasteiger partial charge in [0.2, 0.25) is 15.9 Å². The fraction of sp³-hybridized carbons (Fsp3) is 0.333. The van der Waals surface area contributed by atoms with Gasteiger partial charge in [0.1, 0.15) is 19.3 Å². The van der Waals surface area contributed by atoms with E-state index in [1.807, 2.05) is 18.2 Å². The first kappa shape index (κ1) is 20.2.